The lowest BCUT2D eigenvalue weighted by Crippen LogP contribution is -2.39. The van der Waals surface area contributed by atoms with Gasteiger partial charge in [-0.25, -0.2) is 19.2 Å². The van der Waals surface area contributed by atoms with Crippen molar-refractivity contribution in [1.29, 1.82) is 0 Å². The lowest BCUT2D eigenvalue weighted by Gasteiger charge is -2.17. The Kier molecular flexibility index (Phi) is 5.98. The lowest BCUT2D eigenvalue weighted by atomic mass is 10.1. The Morgan fingerprint density at radius 1 is 1.33 bits per heavy atom. The molecule has 3 aromatic rings. The molecule has 5 rings (SSSR count). The van der Waals surface area contributed by atoms with Crippen LogP contribution in [-0.2, 0) is 27.0 Å². The molecule has 1 aliphatic heterocycles. The molecule has 0 unspecified atom stereocenters. The topological polar surface area (TPSA) is 128 Å². The van der Waals surface area contributed by atoms with Crippen molar-refractivity contribution in [3.63, 3.8) is 0 Å². The molecular formula is C21H23F4N7O4. The number of alkyl halides is 4. The second-order valence-corrected chi connectivity index (χ2v) is 9.02. The van der Waals surface area contributed by atoms with Gasteiger partial charge in [-0.3, -0.25) is 9.50 Å². The van der Waals surface area contributed by atoms with Gasteiger partial charge in [-0.2, -0.15) is 18.3 Å². The molecule has 15 heteroatoms. The molecule has 0 aromatic carbocycles. The first kappa shape index (κ1) is 24.2. The van der Waals surface area contributed by atoms with Gasteiger partial charge in [0, 0.05) is 31.0 Å². The molecule has 1 amide bonds. The van der Waals surface area contributed by atoms with Crippen LogP contribution in [0, 0.1) is 0 Å². The molecule has 3 N–H and O–H groups in total. The quantitative estimate of drug-likeness (QED) is 0.410. The third kappa shape index (κ3) is 4.93. The minimum Gasteiger partial charge on any atom is -0.441 e. The predicted molar refractivity (Wildman–Crippen MR) is 115 cm³/mol. The Morgan fingerprint density at radius 3 is 2.81 bits per heavy atom. The fraction of sp³-hybridized carbons (Fsp3) is 0.524. The Hall–Kier alpha value is -3.46. The van der Waals surface area contributed by atoms with E-state index in [2.05, 4.69) is 30.8 Å². The Balaban J connectivity index is 1.32. The fourth-order valence-electron chi connectivity index (χ4n) is 3.81. The van der Waals surface area contributed by atoms with E-state index in [0.717, 1.165) is 18.9 Å². The van der Waals surface area contributed by atoms with Crippen molar-refractivity contribution in [3.05, 3.63) is 35.4 Å². The fourth-order valence-corrected chi connectivity index (χ4v) is 3.81. The monoisotopic (exact) mass is 513 g/mol. The van der Waals surface area contributed by atoms with Gasteiger partial charge in [-0.15, -0.1) is 0 Å². The van der Waals surface area contributed by atoms with E-state index in [4.69, 9.17) is 14.2 Å². The number of methoxy groups -OCH3 is 1. The summed E-state index contributed by atoms with van der Waals surface area (Å²) in [4.78, 5) is 19.8. The van der Waals surface area contributed by atoms with Gasteiger partial charge in [-0.05, 0) is 19.8 Å². The van der Waals surface area contributed by atoms with Crippen LogP contribution in [-0.4, -0.2) is 62.2 Å². The Morgan fingerprint density at radius 2 is 2.11 bits per heavy atom. The van der Waals surface area contributed by atoms with Crippen LogP contribution in [0.15, 0.2) is 18.3 Å². The van der Waals surface area contributed by atoms with Crippen molar-refractivity contribution in [3.8, 4) is 0 Å². The standard InChI is InChI=1S/C21H23F4N7O4/c1-20(3-4-20)29-19(33)36-12-9-35-17(16(12)22)11-5-14(31-30-11)28-18-27-13(21(23,24)25)6-15-26-10(8-34-2)7-32(15)18/h5-7,12,16-17H,3-4,8-9H2,1-2H3,(H,29,33)(H2,27,28,30,31)/t12-,16+,17-/m0/s1. The summed E-state index contributed by atoms with van der Waals surface area (Å²) in [6.45, 7) is 1.79. The number of ether oxygens (including phenoxy) is 3. The number of anilines is 2. The molecule has 194 valence electrons. The molecule has 0 radical (unpaired) electrons. The molecular weight excluding hydrogens is 490 g/mol. The van der Waals surface area contributed by atoms with E-state index in [9.17, 15) is 22.4 Å². The molecule has 0 bridgehead atoms. The number of amides is 1. The van der Waals surface area contributed by atoms with Crippen molar-refractivity contribution in [2.75, 3.05) is 19.0 Å². The Bertz CT molecular complexity index is 1270. The number of halogens is 4. The lowest BCUT2D eigenvalue weighted by molar-refractivity contribution is -0.141. The number of nitrogens with one attached hydrogen (secondary N) is 3. The summed E-state index contributed by atoms with van der Waals surface area (Å²) >= 11 is 0. The zero-order chi connectivity index (χ0) is 25.7. The van der Waals surface area contributed by atoms with Crippen molar-refractivity contribution in [2.24, 2.45) is 0 Å². The summed E-state index contributed by atoms with van der Waals surface area (Å²) in [5, 5.41) is 12.0. The first-order valence-electron chi connectivity index (χ1n) is 11.1. The summed E-state index contributed by atoms with van der Waals surface area (Å²) in [5.74, 6) is -0.136. The maximum absolute atomic E-state index is 15.0. The van der Waals surface area contributed by atoms with Crippen LogP contribution in [0.2, 0.25) is 0 Å². The maximum atomic E-state index is 15.0. The van der Waals surface area contributed by atoms with E-state index in [1.165, 1.54) is 23.8 Å². The van der Waals surface area contributed by atoms with Crippen molar-refractivity contribution >= 4 is 23.5 Å². The van der Waals surface area contributed by atoms with Crippen molar-refractivity contribution in [2.45, 2.75) is 56.5 Å². The molecule has 1 aliphatic carbocycles. The van der Waals surface area contributed by atoms with Crippen LogP contribution in [0.25, 0.3) is 5.65 Å². The number of aromatic nitrogens is 5. The molecule has 4 heterocycles. The van der Waals surface area contributed by atoms with Gasteiger partial charge in [0.2, 0.25) is 5.95 Å². The van der Waals surface area contributed by atoms with Gasteiger partial charge in [0.15, 0.2) is 23.8 Å². The van der Waals surface area contributed by atoms with Crippen LogP contribution in [0.4, 0.5) is 34.1 Å². The molecule has 3 aromatic heterocycles. The first-order chi connectivity index (χ1) is 17.0. The largest absolute Gasteiger partial charge is 0.441 e. The third-order valence-electron chi connectivity index (χ3n) is 5.98. The molecule has 1 saturated heterocycles. The number of carbonyl (C=O) groups is 1. The van der Waals surface area contributed by atoms with Crippen molar-refractivity contribution < 1.29 is 36.6 Å². The van der Waals surface area contributed by atoms with E-state index >= 15 is 0 Å². The molecule has 11 nitrogen and oxygen atoms in total. The second kappa shape index (κ2) is 8.89. The SMILES string of the molecule is COCc1cn2c(Nc3cc([C@@H]4OC[C@H](OC(=O)NC5(C)CC5)[C@H]4F)[nH]n3)nc(C(F)(F)F)cc2n1. The smallest absolute Gasteiger partial charge is 0.433 e. The molecule has 2 fully saturated rings. The van der Waals surface area contributed by atoms with E-state index in [1.807, 2.05) is 6.92 Å². The number of hydrogen-bond donors (Lipinski definition) is 3. The van der Waals surface area contributed by atoms with Gasteiger partial charge in [0.1, 0.15) is 11.8 Å². The van der Waals surface area contributed by atoms with Crippen LogP contribution in [0.1, 0.15) is 43.0 Å². The normalized spacial score (nSPS) is 23.1. The predicted octanol–water partition coefficient (Wildman–Crippen LogP) is 3.42. The zero-order valence-electron chi connectivity index (χ0n) is 19.2. The highest BCUT2D eigenvalue weighted by atomic mass is 19.4. The minimum absolute atomic E-state index is 0.00362. The summed E-state index contributed by atoms with van der Waals surface area (Å²) in [7, 11) is 1.44. The highest BCUT2D eigenvalue weighted by Crippen LogP contribution is 2.36. The number of rotatable bonds is 7. The van der Waals surface area contributed by atoms with Gasteiger partial charge in [-0.1, -0.05) is 0 Å². The van der Waals surface area contributed by atoms with Gasteiger partial charge >= 0.3 is 12.3 Å². The average molecular weight is 513 g/mol. The Labute approximate surface area is 201 Å². The highest BCUT2D eigenvalue weighted by molar-refractivity contribution is 5.69. The number of H-pyrrole nitrogens is 1. The van der Waals surface area contributed by atoms with Crippen LogP contribution in [0.5, 0.6) is 0 Å². The van der Waals surface area contributed by atoms with Crippen molar-refractivity contribution in [1.82, 2.24) is 29.9 Å². The number of nitrogens with zero attached hydrogens (tertiary/aromatic N) is 4. The molecule has 3 atom stereocenters. The van der Waals surface area contributed by atoms with Crippen LogP contribution in [0.3, 0.4) is 0 Å². The summed E-state index contributed by atoms with van der Waals surface area (Å²) < 4.78 is 72.1. The number of alkyl carbamates (subject to hydrolysis) is 1. The summed E-state index contributed by atoms with van der Waals surface area (Å²) in [5.41, 5.74) is -0.851. The summed E-state index contributed by atoms with van der Waals surface area (Å²) in [6.07, 6.45) is -6.20. The molecule has 36 heavy (non-hydrogen) atoms. The van der Waals surface area contributed by atoms with Crippen LogP contribution >= 0.6 is 0 Å². The van der Waals surface area contributed by atoms with Gasteiger partial charge in [0.05, 0.1) is 24.6 Å². The van der Waals surface area contributed by atoms with Crippen LogP contribution < -0.4 is 10.6 Å². The maximum Gasteiger partial charge on any atom is 0.433 e. The number of fused-ring (bicyclic) bond motifs is 1. The highest BCUT2D eigenvalue weighted by Gasteiger charge is 2.44. The number of aromatic amines is 1. The van der Waals surface area contributed by atoms with E-state index in [0.29, 0.717) is 5.69 Å². The van der Waals surface area contributed by atoms with E-state index in [1.54, 1.807) is 0 Å². The first-order valence-corrected chi connectivity index (χ1v) is 11.1. The minimum atomic E-state index is -4.71. The summed E-state index contributed by atoms with van der Waals surface area (Å²) in [6, 6.07) is 2.20. The van der Waals surface area contributed by atoms with E-state index in [-0.39, 0.29) is 41.9 Å². The third-order valence-corrected chi connectivity index (χ3v) is 5.98. The molecule has 2 aliphatic rings. The van der Waals surface area contributed by atoms with Gasteiger partial charge < -0.3 is 24.8 Å². The number of carbonyl (C=O) groups excluding carboxylic acids is 1. The van der Waals surface area contributed by atoms with Gasteiger partial charge in [0.25, 0.3) is 0 Å². The number of hydrogen-bond acceptors (Lipinski definition) is 8. The zero-order valence-corrected chi connectivity index (χ0v) is 19.2. The molecule has 0 spiro atoms. The van der Waals surface area contributed by atoms with E-state index < -0.39 is 36.3 Å². The second-order valence-electron chi connectivity index (χ2n) is 9.02. The number of imidazole rings is 1. The molecule has 1 saturated carbocycles. The average Bonchev–Trinajstić information content (AvgIpc) is 3.14.